The molecule has 98 valence electrons. The van der Waals surface area contributed by atoms with E-state index in [1.165, 1.54) is 7.11 Å². The van der Waals surface area contributed by atoms with Gasteiger partial charge in [0.1, 0.15) is 0 Å². The van der Waals surface area contributed by atoms with Gasteiger partial charge in [-0.2, -0.15) is 0 Å². The predicted molar refractivity (Wildman–Crippen MR) is 68.8 cm³/mol. The van der Waals surface area contributed by atoms with Gasteiger partial charge in [0.05, 0.1) is 13.5 Å². The lowest BCUT2D eigenvalue weighted by Gasteiger charge is -2.05. The van der Waals surface area contributed by atoms with Crippen molar-refractivity contribution in [3.05, 3.63) is 29.8 Å². The van der Waals surface area contributed by atoms with Crippen molar-refractivity contribution >= 4 is 17.6 Å². The van der Waals surface area contributed by atoms with Crippen LogP contribution < -0.4 is 11.1 Å². The molecule has 0 bridgehead atoms. The molecule has 5 heteroatoms. The highest BCUT2D eigenvalue weighted by Crippen LogP contribution is 2.06. The van der Waals surface area contributed by atoms with E-state index in [1.54, 1.807) is 12.1 Å². The van der Waals surface area contributed by atoms with Crippen molar-refractivity contribution < 1.29 is 14.3 Å². The number of nitrogen functional groups attached to an aromatic ring is 1. The molecular weight excluding hydrogens is 232 g/mol. The van der Waals surface area contributed by atoms with E-state index in [2.05, 4.69) is 10.1 Å². The van der Waals surface area contributed by atoms with Crippen molar-refractivity contribution in [3.8, 4) is 0 Å². The van der Waals surface area contributed by atoms with E-state index in [-0.39, 0.29) is 11.9 Å². The Morgan fingerprint density at radius 2 is 2.17 bits per heavy atom. The van der Waals surface area contributed by atoms with Crippen LogP contribution >= 0.6 is 0 Å². The molecule has 1 aromatic rings. The second-order valence-corrected chi connectivity index (χ2v) is 3.95. The molecule has 3 N–H and O–H groups in total. The third-order valence-corrected chi connectivity index (χ3v) is 2.42. The molecule has 1 rings (SSSR count). The molecule has 0 aromatic heterocycles. The van der Waals surface area contributed by atoms with Gasteiger partial charge >= 0.3 is 5.97 Å². The third-order valence-electron chi connectivity index (χ3n) is 2.42. The van der Waals surface area contributed by atoms with Gasteiger partial charge in [-0.25, -0.2) is 0 Å². The molecule has 1 amide bonds. The summed E-state index contributed by atoms with van der Waals surface area (Å²) in [5, 5.41) is 2.74. The summed E-state index contributed by atoms with van der Waals surface area (Å²) < 4.78 is 4.50. The van der Waals surface area contributed by atoms with E-state index in [0.717, 1.165) is 5.56 Å². The maximum atomic E-state index is 11.6. The Morgan fingerprint density at radius 1 is 1.39 bits per heavy atom. The highest BCUT2D eigenvalue weighted by Gasteiger charge is 2.04. The number of carbonyl (C=O) groups excluding carboxylic acids is 2. The van der Waals surface area contributed by atoms with E-state index < -0.39 is 0 Å². The van der Waals surface area contributed by atoms with Gasteiger partial charge in [-0.1, -0.05) is 12.1 Å². The molecule has 0 saturated heterocycles. The lowest BCUT2D eigenvalue weighted by Crippen LogP contribution is -2.26. The molecule has 1 aromatic carbocycles. The van der Waals surface area contributed by atoms with Crippen LogP contribution in [-0.4, -0.2) is 25.5 Å². The Labute approximate surface area is 106 Å². The van der Waals surface area contributed by atoms with E-state index in [1.807, 2.05) is 12.1 Å². The molecule has 0 fully saturated rings. The Hall–Kier alpha value is -2.04. The molecule has 0 heterocycles. The van der Waals surface area contributed by atoms with Gasteiger partial charge in [0.15, 0.2) is 0 Å². The quantitative estimate of drug-likeness (QED) is 0.446. The highest BCUT2D eigenvalue weighted by molar-refractivity contribution is 5.78. The number of esters is 1. The average Bonchev–Trinajstić information content (AvgIpc) is 2.34. The molecule has 18 heavy (non-hydrogen) atoms. The zero-order valence-electron chi connectivity index (χ0n) is 10.4. The van der Waals surface area contributed by atoms with Crippen LogP contribution in [0.3, 0.4) is 0 Å². The van der Waals surface area contributed by atoms with Gasteiger partial charge in [-0.05, 0) is 24.1 Å². The van der Waals surface area contributed by atoms with Gasteiger partial charge in [0, 0.05) is 18.7 Å². The molecule has 5 nitrogen and oxygen atoms in total. The van der Waals surface area contributed by atoms with Crippen LogP contribution in [0.4, 0.5) is 5.69 Å². The average molecular weight is 250 g/mol. The van der Waals surface area contributed by atoms with Crippen LogP contribution in [0.25, 0.3) is 0 Å². The molecule has 0 atom stereocenters. The maximum Gasteiger partial charge on any atom is 0.305 e. The van der Waals surface area contributed by atoms with Crippen LogP contribution in [-0.2, 0) is 20.7 Å². The first-order chi connectivity index (χ1) is 8.61. The molecular formula is C13H18N2O3. The fraction of sp³-hybridized carbons (Fsp3) is 0.385. The normalized spacial score (nSPS) is 9.83. The summed E-state index contributed by atoms with van der Waals surface area (Å²) in [6, 6.07) is 7.21. The van der Waals surface area contributed by atoms with E-state index >= 15 is 0 Å². The number of carbonyl (C=O) groups is 2. The number of methoxy groups -OCH3 is 1. The number of benzene rings is 1. The van der Waals surface area contributed by atoms with Crippen molar-refractivity contribution in [1.29, 1.82) is 0 Å². The standard InChI is InChI=1S/C13H18N2O3/c1-18-13(17)6-3-7-15-12(16)9-10-4-2-5-11(14)8-10/h2,4-5,8H,3,6-7,9,14H2,1H3,(H,15,16). The van der Waals surface area contributed by atoms with Crippen molar-refractivity contribution in [2.45, 2.75) is 19.3 Å². The van der Waals surface area contributed by atoms with Crippen LogP contribution in [0, 0.1) is 0 Å². The smallest absolute Gasteiger partial charge is 0.305 e. The zero-order valence-corrected chi connectivity index (χ0v) is 10.4. The number of hydrogen-bond acceptors (Lipinski definition) is 4. The van der Waals surface area contributed by atoms with E-state index in [9.17, 15) is 9.59 Å². The highest BCUT2D eigenvalue weighted by atomic mass is 16.5. The second-order valence-electron chi connectivity index (χ2n) is 3.95. The lowest BCUT2D eigenvalue weighted by atomic mass is 10.1. The Balaban J connectivity index is 2.24. The zero-order chi connectivity index (χ0) is 13.4. The third kappa shape index (κ3) is 5.34. The minimum Gasteiger partial charge on any atom is -0.469 e. The van der Waals surface area contributed by atoms with Crippen molar-refractivity contribution in [3.63, 3.8) is 0 Å². The molecule has 0 aliphatic heterocycles. The molecule has 0 aliphatic carbocycles. The first-order valence-electron chi connectivity index (χ1n) is 5.79. The fourth-order valence-electron chi connectivity index (χ4n) is 1.51. The predicted octanol–water partition coefficient (Wildman–Crippen LogP) is 0.881. The van der Waals surface area contributed by atoms with E-state index in [4.69, 9.17) is 5.73 Å². The van der Waals surface area contributed by atoms with Crippen LogP contribution in [0.2, 0.25) is 0 Å². The Morgan fingerprint density at radius 3 is 2.83 bits per heavy atom. The Kier molecular flexibility index (Phi) is 5.70. The van der Waals surface area contributed by atoms with Gasteiger partial charge in [-0.3, -0.25) is 9.59 Å². The molecule has 0 radical (unpaired) electrons. The van der Waals surface area contributed by atoms with Gasteiger partial charge in [0.25, 0.3) is 0 Å². The minimum absolute atomic E-state index is 0.0783. The summed E-state index contributed by atoms with van der Waals surface area (Å²) in [5.74, 6) is -0.342. The van der Waals surface area contributed by atoms with Crippen molar-refractivity contribution in [1.82, 2.24) is 5.32 Å². The first-order valence-corrected chi connectivity index (χ1v) is 5.79. The summed E-state index contributed by atoms with van der Waals surface area (Å²) in [4.78, 5) is 22.4. The van der Waals surface area contributed by atoms with Crippen molar-refractivity contribution in [2.75, 3.05) is 19.4 Å². The van der Waals surface area contributed by atoms with Crippen LogP contribution in [0.1, 0.15) is 18.4 Å². The second kappa shape index (κ2) is 7.32. The number of rotatable bonds is 6. The summed E-state index contributed by atoms with van der Waals surface area (Å²) >= 11 is 0. The van der Waals surface area contributed by atoms with E-state index in [0.29, 0.717) is 31.5 Å². The number of nitrogens with two attached hydrogens (primary N) is 1. The van der Waals surface area contributed by atoms with Crippen LogP contribution in [0.15, 0.2) is 24.3 Å². The van der Waals surface area contributed by atoms with Crippen molar-refractivity contribution in [2.24, 2.45) is 0 Å². The molecule has 0 aliphatic rings. The Bertz CT molecular complexity index is 418. The number of hydrogen-bond donors (Lipinski definition) is 2. The summed E-state index contributed by atoms with van der Waals surface area (Å²) in [7, 11) is 1.35. The summed E-state index contributed by atoms with van der Waals surface area (Å²) in [6.45, 7) is 0.469. The van der Waals surface area contributed by atoms with Crippen LogP contribution in [0.5, 0.6) is 0 Å². The SMILES string of the molecule is COC(=O)CCCNC(=O)Cc1cccc(N)c1. The monoisotopic (exact) mass is 250 g/mol. The molecule has 0 saturated carbocycles. The number of ether oxygens (including phenoxy) is 1. The number of anilines is 1. The van der Waals surface area contributed by atoms with Gasteiger partial charge < -0.3 is 15.8 Å². The number of nitrogens with one attached hydrogen (secondary N) is 1. The van der Waals surface area contributed by atoms with Gasteiger partial charge in [0.2, 0.25) is 5.91 Å². The number of amides is 1. The maximum absolute atomic E-state index is 11.6. The fourth-order valence-corrected chi connectivity index (χ4v) is 1.51. The first kappa shape index (κ1) is 14.0. The molecule has 0 unspecified atom stereocenters. The minimum atomic E-state index is -0.264. The molecule has 0 spiro atoms. The summed E-state index contributed by atoms with van der Waals surface area (Å²) in [5.41, 5.74) is 7.14. The largest absolute Gasteiger partial charge is 0.469 e. The summed E-state index contributed by atoms with van der Waals surface area (Å²) in [6.07, 6.45) is 1.19. The topological polar surface area (TPSA) is 81.4 Å². The van der Waals surface area contributed by atoms with Gasteiger partial charge in [-0.15, -0.1) is 0 Å². The lowest BCUT2D eigenvalue weighted by molar-refractivity contribution is -0.140.